The molecule has 2 aliphatic rings. The van der Waals surface area contributed by atoms with Crippen LogP contribution >= 0.6 is 0 Å². The molecule has 0 bridgehead atoms. The van der Waals surface area contributed by atoms with E-state index < -0.39 is 11.8 Å². The first-order valence-electron chi connectivity index (χ1n) is 5.87. The molecule has 4 nitrogen and oxygen atoms in total. The van der Waals surface area contributed by atoms with E-state index >= 15 is 0 Å². The van der Waals surface area contributed by atoms with E-state index in [1.165, 1.54) is 6.08 Å². The summed E-state index contributed by atoms with van der Waals surface area (Å²) >= 11 is 0. The molecule has 0 radical (unpaired) electrons. The molecule has 0 spiro atoms. The maximum atomic E-state index is 12.4. The van der Waals surface area contributed by atoms with E-state index in [0.717, 1.165) is 0 Å². The molecule has 3 rings (SSSR count). The lowest BCUT2D eigenvalue weighted by Crippen LogP contribution is -2.35. The first-order valence-corrected chi connectivity index (χ1v) is 5.87. The molecule has 0 heterocycles. The third-order valence-corrected chi connectivity index (χ3v) is 3.45. The monoisotopic (exact) mass is 251 g/mol. The minimum absolute atomic E-state index is 0.0677. The molecule has 0 fully saturated rings. The number of allylic oxidation sites excluding steroid dienone is 3. The second kappa shape index (κ2) is 4.26. The number of carbonyl (C=O) groups excluding carboxylic acids is 3. The highest BCUT2D eigenvalue weighted by atomic mass is 16.1. The highest BCUT2D eigenvalue weighted by Gasteiger charge is 2.40. The normalized spacial score (nSPS) is 24.1. The summed E-state index contributed by atoms with van der Waals surface area (Å²) < 4.78 is 0. The average molecular weight is 251 g/mol. The van der Waals surface area contributed by atoms with Gasteiger partial charge in [0.25, 0.3) is 0 Å². The van der Waals surface area contributed by atoms with Crippen LogP contribution in [0.4, 0.5) is 0 Å². The average Bonchev–Trinajstić information content (AvgIpc) is 2.45. The predicted molar refractivity (Wildman–Crippen MR) is 67.4 cm³/mol. The van der Waals surface area contributed by atoms with Gasteiger partial charge in [-0.1, -0.05) is 30.3 Å². The van der Waals surface area contributed by atoms with Crippen LogP contribution in [0, 0.1) is 11.8 Å². The van der Waals surface area contributed by atoms with E-state index in [2.05, 4.69) is 4.99 Å². The summed E-state index contributed by atoms with van der Waals surface area (Å²) in [5, 5.41) is 0. The standard InChI is InChI=1S/C15H9NO3/c17-8-16-9-5-6-12-13(7-9)15(19)11-4-2-1-3-10(11)14(12)18/h1-7,12-13H. The topological polar surface area (TPSA) is 63.6 Å². The van der Waals surface area contributed by atoms with Gasteiger partial charge in [0.1, 0.15) is 0 Å². The van der Waals surface area contributed by atoms with Crippen LogP contribution in [0.25, 0.3) is 0 Å². The van der Waals surface area contributed by atoms with Crippen molar-refractivity contribution >= 4 is 17.6 Å². The zero-order valence-corrected chi connectivity index (χ0v) is 9.87. The van der Waals surface area contributed by atoms with Crippen molar-refractivity contribution in [3.8, 4) is 0 Å². The largest absolute Gasteiger partial charge is 0.293 e. The SMILES string of the molecule is O=C=NC1=CC2C(=O)c3ccccc3C(=O)C2C=C1. The van der Waals surface area contributed by atoms with Crippen molar-refractivity contribution in [2.24, 2.45) is 16.8 Å². The number of rotatable bonds is 1. The number of isocyanates is 1. The van der Waals surface area contributed by atoms with Gasteiger partial charge in [-0.2, -0.15) is 4.99 Å². The molecule has 1 aromatic rings. The fraction of sp³-hybridized carbons (Fsp3) is 0.133. The Morgan fingerprint density at radius 2 is 1.63 bits per heavy atom. The molecule has 1 aromatic carbocycles. The van der Waals surface area contributed by atoms with Gasteiger partial charge in [-0.15, -0.1) is 0 Å². The Bertz CT molecular complexity index is 693. The minimum Gasteiger partial charge on any atom is -0.293 e. The number of Topliss-reactive ketones (excluding diaryl/α,β-unsaturated/α-hetero) is 2. The van der Waals surface area contributed by atoms with Gasteiger partial charge >= 0.3 is 0 Å². The Balaban J connectivity index is 2.13. The van der Waals surface area contributed by atoms with Crippen LogP contribution in [0.1, 0.15) is 20.7 Å². The maximum absolute atomic E-state index is 12.4. The van der Waals surface area contributed by atoms with E-state index in [9.17, 15) is 14.4 Å². The molecule has 0 saturated heterocycles. The Morgan fingerprint density at radius 1 is 1.00 bits per heavy atom. The fourth-order valence-corrected chi connectivity index (χ4v) is 2.55. The van der Waals surface area contributed by atoms with E-state index in [0.29, 0.717) is 16.8 Å². The second-order valence-corrected chi connectivity index (χ2v) is 4.48. The molecule has 0 saturated carbocycles. The van der Waals surface area contributed by atoms with Crippen LogP contribution in [-0.2, 0) is 4.79 Å². The van der Waals surface area contributed by atoms with Crippen molar-refractivity contribution in [1.29, 1.82) is 0 Å². The second-order valence-electron chi connectivity index (χ2n) is 4.48. The van der Waals surface area contributed by atoms with Crippen molar-refractivity contribution in [3.63, 3.8) is 0 Å². The van der Waals surface area contributed by atoms with E-state index in [4.69, 9.17) is 0 Å². The smallest absolute Gasteiger partial charge is 0.240 e. The number of nitrogens with zero attached hydrogens (tertiary/aromatic N) is 1. The van der Waals surface area contributed by atoms with E-state index in [-0.39, 0.29) is 11.6 Å². The van der Waals surface area contributed by atoms with Crippen LogP contribution in [0.5, 0.6) is 0 Å². The Labute approximate surface area is 109 Å². The molecule has 4 heteroatoms. The van der Waals surface area contributed by atoms with Crippen molar-refractivity contribution in [3.05, 3.63) is 59.3 Å². The number of benzene rings is 1. The number of carbonyl (C=O) groups is 2. The molecule has 2 atom stereocenters. The lowest BCUT2D eigenvalue weighted by Gasteiger charge is -2.28. The van der Waals surface area contributed by atoms with Crippen LogP contribution in [0.3, 0.4) is 0 Å². The molecule has 0 amide bonds. The van der Waals surface area contributed by atoms with Crippen LogP contribution in [0.15, 0.2) is 53.2 Å². The minimum atomic E-state index is -0.570. The molecule has 0 aromatic heterocycles. The Kier molecular flexibility index (Phi) is 2.58. The first kappa shape index (κ1) is 11.5. The van der Waals surface area contributed by atoms with Gasteiger partial charge in [-0.25, -0.2) is 4.79 Å². The zero-order chi connectivity index (χ0) is 13.4. The fourth-order valence-electron chi connectivity index (χ4n) is 2.55. The lowest BCUT2D eigenvalue weighted by molar-refractivity contribution is 0.0801. The molecule has 19 heavy (non-hydrogen) atoms. The third kappa shape index (κ3) is 1.70. The highest BCUT2D eigenvalue weighted by Crippen LogP contribution is 2.35. The van der Waals surface area contributed by atoms with Crippen molar-refractivity contribution < 1.29 is 14.4 Å². The lowest BCUT2D eigenvalue weighted by atomic mass is 9.72. The van der Waals surface area contributed by atoms with Gasteiger partial charge in [0.15, 0.2) is 11.6 Å². The molecular formula is C15H9NO3. The predicted octanol–water partition coefficient (Wildman–Crippen LogP) is 2.09. The quantitative estimate of drug-likeness (QED) is 0.567. The van der Waals surface area contributed by atoms with Crippen molar-refractivity contribution in [2.75, 3.05) is 0 Å². The Hall–Kier alpha value is -2.58. The van der Waals surface area contributed by atoms with Crippen molar-refractivity contribution in [2.45, 2.75) is 0 Å². The summed E-state index contributed by atoms with van der Waals surface area (Å²) in [6, 6.07) is 6.80. The zero-order valence-electron chi connectivity index (χ0n) is 9.87. The summed E-state index contributed by atoms with van der Waals surface area (Å²) in [6.45, 7) is 0. The molecule has 92 valence electrons. The number of fused-ring (bicyclic) bond motifs is 2. The van der Waals surface area contributed by atoms with Gasteiger partial charge < -0.3 is 0 Å². The number of aliphatic imine (C=N–C) groups is 1. The maximum Gasteiger partial charge on any atom is 0.240 e. The molecule has 0 aliphatic heterocycles. The van der Waals surface area contributed by atoms with Gasteiger partial charge in [-0.05, 0) is 12.2 Å². The number of hydrogen-bond acceptors (Lipinski definition) is 4. The van der Waals surface area contributed by atoms with E-state index in [1.54, 1.807) is 42.5 Å². The molecular weight excluding hydrogens is 242 g/mol. The van der Waals surface area contributed by atoms with Gasteiger partial charge in [0, 0.05) is 11.1 Å². The van der Waals surface area contributed by atoms with Gasteiger partial charge in [-0.3, -0.25) is 9.59 Å². The molecule has 2 unspecified atom stereocenters. The van der Waals surface area contributed by atoms with E-state index in [1.807, 2.05) is 0 Å². The summed E-state index contributed by atoms with van der Waals surface area (Å²) in [5.74, 6) is -1.24. The third-order valence-electron chi connectivity index (χ3n) is 3.45. The summed E-state index contributed by atoms with van der Waals surface area (Å²) in [6.07, 6.45) is 6.21. The van der Waals surface area contributed by atoms with Gasteiger partial charge in [0.05, 0.1) is 17.5 Å². The van der Waals surface area contributed by atoms with Crippen LogP contribution in [-0.4, -0.2) is 17.6 Å². The number of ketones is 2. The first-order chi connectivity index (χ1) is 9.22. The summed E-state index contributed by atoms with van der Waals surface area (Å²) in [5.41, 5.74) is 1.28. The highest BCUT2D eigenvalue weighted by molar-refractivity contribution is 6.17. The van der Waals surface area contributed by atoms with Crippen LogP contribution < -0.4 is 0 Å². The molecule has 0 N–H and O–H groups in total. The summed E-state index contributed by atoms with van der Waals surface area (Å²) in [7, 11) is 0. The molecule has 2 aliphatic carbocycles. The van der Waals surface area contributed by atoms with Gasteiger partial charge in [0.2, 0.25) is 6.08 Å². The Morgan fingerprint density at radius 3 is 2.26 bits per heavy atom. The van der Waals surface area contributed by atoms with Crippen LogP contribution in [0.2, 0.25) is 0 Å². The summed E-state index contributed by atoms with van der Waals surface area (Å²) in [4.78, 5) is 38.5. The number of hydrogen-bond donors (Lipinski definition) is 0. The van der Waals surface area contributed by atoms with Crippen molar-refractivity contribution in [1.82, 2.24) is 0 Å².